The van der Waals surface area contributed by atoms with Crippen LogP contribution >= 0.6 is 0 Å². The van der Waals surface area contributed by atoms with E-state index in [2.05, 4.69) is 4.72 Å². The van der Waals surface area contributed by atoms with E-state index < -0.39 is 20.7 Å². The third kappa shape index (κ3) is 4.40. The van der Waals surface area contributed by atoms with Gasteiger partial charge in [-0.05, 0) is 44.5 Å². The molecule has 1 rings (SSSR count). The Hall–Kier alpha value is -1.82. The molecule has 0 heterocycles. The summed E-state index contributed by atoms with van der Waals surface area (Å²) in [5.74, 6) is -1.03. The van der Waals surface area contributed by atoms with E-state index in [4.69, 9.17) is 5.11 Å². The van der Waals surface area contributed by atoms with Gasteiger partial charge in [-0.15, -0.1) is 0 Å². The molecule has 2 N–H and O–H groups in total. The van der Waals surface area contributed by atoms with E-state index in [1.807, 2.05) is 0 Å². The molecular weight excluding hydrogens is 266 g/mol. The Morgan fingerprint density at radius 1 is 1.21 bits per heavy atom. The first kappa shape index (κ1) is 15.2. The minimum Gasteiger partial charge on any atom is -0.478 e. The molecule has 19 heavy (non-hydrogen) atoms. The SMILES string of the molecule is CC(C)(C)S(=O)(=O)Nc1ccc(C=CC(=O)O)cc1. The van der Waals surface area contributed by atoms with Crippen molar-refractivity contribution in [2.24, 2.45) is 0 Å². The summed E-state index contributed by atoms with van der Waals surface area (Å²) in [5.41, 5.74) is 1.13. The number of benzene rings is 1. The van der Waals surface area contributed by atoms with Crippen molar-refractivity contribution in [3.63, 3.8) is 0 Å². The van der Waals surface area contributed by atoms with Gasteiger partial charge in [0.2, 0.25) is 10.0 Å². The minimum atomic E-state index is -3.45. The molecule has 104 valence electrons. The van der Waals surface area contributed by atoms with Crippen LogP contribution in [0.4, 0.5) is 5.69 Å². The first-order chi connectivity index (χ1) is 8.62. The van der Waals surface area contributed by atoms with E-state index in [1.165, 1.54) is 6.08 Å². The summed E-state index contributed by atoms with van der Waals surface area (Å²) >= 11 is 0. The first-order valence-corrected chi connectivity index (χ1v) is 7.13. The Morgan fingerprint density at radius 2 is 1.74 bits per heavy atom. The maximum atomic E-state index is 11.9. The van der Waals surface area contributed by atoms with Crippen molar-refractivity contribution >= 4 is 27.8 Å². The summed E-state index contributed by atoms with van der Waals surface area (Å²) in [4.78, 5) is 10.4. The second-order valence-electron chi connectivity index (χ2n) is 5.01. The van der Waals surface area contributed by atoms with Gasteiger partial charge in [-0.1, -0.05) is 12.1 Å². The van der Waals surface area contributed by atoms with E-state index in [0.717, 1.165) is 6.08 Å². The van der Waals surface area contributed by atoms with Gasteiger partial charge in [-0.25, -0.2) is 13.2 Å². The van der Waals surface area contributed by atoms with Crippen LogP contribution in [0.15, 0.2) is 30.3 Å². The van der Waals surface area contributed by atoms with Gasteiger partial charge in [0.1, 0.15) is 0 Å². The largest absolute Gasteiger partial charge is 0.478 e. The standard InChI is InChI=1S/C13H17NO4S/c1-13(2,3)19(17,18)14-11-7-4-10(5-8-11)6-9-12(15)16/h4-9,14H,1-3H3,(H,15,16). The summed E-state index contributed by atoms with van der Waals surface area (Å²) in [5, 5.41) is 8.49. The van der Waals surface area contributed by atoms with E-state index in [9.17, 15) is 13.2 Å². The highest BCUT2D eigenvalue weighted by molar-refractivity contribution is 7.94. The predicted octanol–water partition coefficient (Wildman–Crippen LogP) is 2.32. The molecule has 0 atom stereocenters. The second kappa shape index (κ2) is 5.44. The number of nitrogens with one attached hydrogen (secondary N) is 1. The molecule has 0 amide bonds. The molecule has 6 heteroatoms. The van der Waals surface area contributed by atoms with E-state index in [-0.39, 0.29) is 0 Å². The maximum Gasteiger partial charge on any atom is 0.328 e. The van der Waals surface area contributed by atoms with Gasteiger partial charge in [-0.2, -0.15) is 0 Å². The molecule has 0 aromatic heterocycles. The number of sulfonamides is 1. The normalized spacial score (nSPS) is 12.6. The summed E-state index contributed by atoms with van der Waals surface area (Å²) in [6.45, 7) is 4.83. The number of carboxylic acid groups (broad SMARTS) is 1. The van der Waals surface area contributed by atoms with Gasteiger partial charge in [0.25, 0.3) is 0 Å². The molecule has 0 saturated heterocycles. The molecule has 1 aromatic rings. The van der Waals surface area contributed by atoms with Crippen molar-refractivity contribution in [1.29, 1.82) is 0 Å². The Labute approximate surface area is 113 Å². The molecule has 0 aliphatic heterocycles. The van der Waals surface area contributed by atoms with Gasteiger partial charge < -0.3 is 5.11 Å². The number of hydrogen-bond donors (Lipinski definition) is 2. The molecule has 1 aromatic carbocycles. The van der Waals surface area contributed by atoms with Crippen molar-refractivity contribution in [2.45, 2.75) is 25.5 Å². The van der Waals surface area contributed by atoms with Gasteiger partial charge in [0, 0.05) is 11.8 Å². The Bertz CT molecular complexity index is 580. The summed E-state index contributed by atoms with van der Waals surface area (Å²) < 4.78 is 25.4. The second-order valence-corrected chi connectivity index (χ2v) is 7.45. The van der Waals surface area contributed by atoms with Gasteiger partial charge in [0.15, 0.2) is 0 Å². The number of carboxylic acids is 1. The van der Waals surface area contributed by atoms with Crippen molar-refractivity contribution in [3.05, 3.63) is 35.9 Å². The van der Waals surface area contributed by atoms with Crippen molar-refractivity contribution < 1.29 is 18.3 Å². The molecule has 0 fully saturated rings. The van der Waals surface area contributed by atoms with E-state index >= 15 is 0 Å². The number of anilines is 1. The lowest BCUT2D eigenvalue weighted by atomic mass is 10.2. The average molecular weight is 283 g/mol. The molecular formula is C13H17NO4S. The fraction of sp³-hybridized carbons (Fsp3) is 0.308. The third-order valence-electron chi connectivity index (χ3n) is 2.39. The van der Waals surface area contributed by atoms with Crippen LogP contribution in [-0.4, -0.2) is 24.2 Å². The topological polar surface area (TPSA) is 83.5 Å². The molecule has 0 radical (unpaired) electrons. The van der Waals surface area contributed by atoms with Gasteiger partial charge in [-0.3, -0.25) is 4.72 Å². The van der Waals surface area contributed by atoms with Gasteiger partial charge in [0.05, 0.1) is 4.75 Å². The lowest BCUT2D eigenvalue weighted by Crippen LogP contribution is -2.33. The molecule has 0 bridgehead atoms. The smallest absolute Gasteiger partial charge is 0.328 e. The molecule has 0 aliphatic rings. The molecule has 0 aliphatic carbocycles. The summed E-state index contributed by atoms with van der Waals surface area (Å²) in [6, 6.07) is 6.45. The highest BCUT2D eigenvalue weighted by atomic mass is 32.2. The number of carbonyl (C=O) groups is 1. The maximum absolute atomic E-state index is 11.9. The summed E-state index contributed by atoms with van der Waals surface area (Å²) in [6.07, 6.45) is 2.46. The van der Waals surface area contributed by atoms with Crippen LogP contribution in [0.25, 0.3) is 6.08 Å². The van der Waals surface area contributed by atoms with Gasteiger partial charge >= 0.3 is 5.97 Å². The zero-order valence-electron chi connectivity index (χ0n) is 11.0. The number of hydrogen-bond acceptors (Lipinski definition) is 3. The lowest BCUT2D eigenvalue weighted by molar-refractivity contribution is -0.131. The molecule has 0 spiro atoms. The number of aliphatic carboxylic acids is 1. The average Bonchev–Trinajstić information content (AvgIpc) is 2.26. The van der Waals surface area contributed by atoms with Crippen LogP contribution in [-0.2, 0) is 14.8 Å². The molecule has 0 saturated carbocycles. The fourth-order valence-electron chi connectivity index (χ4n) is 1.14. The highest BCUT2D eigenvalue weighted by Crippen LogP contribution is 2.20. The van der Waals surface area contributed by atoms with Crippen LogP contribution < -0.4 is 4.72 Å². The fourth-order valence-corrected chi connectivity index (χ4v) is 1.89. The summed E-state index contributed by atoms with van der Waals surface area (Å²) in [7, 11) is -3.45. The first-order valence-electron chi connectivity index (χ1n) is 5.65. The quantitative estimate of drug-likeness (QED) is 0.831. The highest BCUT2D eigenvalue weighted by Gasteiger charge is 2.28. The minimum absolute atomic E-state index is 0.447. The van der Waals surface area contributed by atoms with Crippen LogP contribution in [0.3, 0.4) is 0 Å². The molecule has 5 nitrogen and oxygen atoms in total. The number of rotatable bonds is 4. The van der Waals surface area contributed by atoms with Crippen molar-refractivity contribution in [2.75, 3.05) is 4.72 Å². The van der Waals surface area contributed by atoms with Crippen molar-refractivity contribution in [3.8, 4) is 0 Å². The van der Waals surface area contributed by atoms with Crippen LogP contribution in [0, 0.1) is 0 Å². The van der Waals surface area contributed by atoms with Crippen molar-refractivity contribution in [1.82, 2.24) is 0 Å². The lowest BCUT2D eigenvalue weighted by Gasteiger charge is -2.20. The molecule has 0 unspecified atom stereocenters. The zero-order chi connectivity index (χ0) is 14.7. The van der Waals surface area contributed by atoms with Crippen LogP contribution in [0.1, 0.15) is 26.3 Å². The van der Waals surface area contributed by atoms with Crippen LogP contribution in [0.2, 0.25) is 0 Å². The Balaban J connectivity index is 2.87. The Morgan fingerprint density at radius 3 is 2.16 bits per heavy atom. The van der Waals surface area contributed by atoms with E-state index in [1.54, 1.807) is 45.0 Å². The van der Waals surface area contributed by atoms with Crippen LogP contribution in [0.5, 0.6) is 0 Å². The Kier molecular flexibility index (Phi) is 4.36. The predicted molar refractivity (Wildman–Crippen MR) is 75.4 cm³/mol. The monoisotopic (exact) mass is 283 g/mol. The third-order valence-corrected chi connectivity index (χ3v) is 4.50. The zero-order valence-corrected chi connectivity index (χ0v) is 11.9. The van der Waals surface area contributed by atoms with E-state index in [0.29, 0.717) is 11.3 Å².